The van der Waals surface area contributed by atoms with Crippen LogP contribution in [0.4, 0.5) is 0 Å². The van der Waals surface area contributed by atoms with E-state index in [1.165, 1.54) is 0 Å². The number of piperidine rings is 1. The molecule has 0 radical (unpaired) electrons. The Bertz CT molecular complexity index is 540. The first-order valence-corrected chi connectivity index (χ1v) is 8.72. The third-order valence-electron chi connectivity index (χ3n) is 4.96. The molecule has 6 nitrogen and oxygen atoms in total. The molecule has 0 bridgehead atoms. The van der Waals surface area contributed by atoms with Crippen LogP contribution in [0.2, 0.25) is 0 Å². The van der Waals surface area contributed by atoms with Crippen molar-refractivity contribution in [2.45, 2.75) is 12.8 Å². The molecule has 24 heavy (non-hydrogen) atoms. The van der Waals surface area contributed by atoms with E-state index in [0.29, 0.717) is 5.69 Å². The lowest BCUT2D eigenvalue weighted by molar-refractivity contribution is 0.00597. The van der Waals surface area contributed by atoms with E-state index in [0.717, 1.165) is 65.4 Å². The van der Waals surface area contributed by atoms with Crippen molar-refractivity contribution in [3.63, 3.8) is 0 Å². The number of ether oxygens (including phenoxy) is 2. The van der Waals surface area contributed by atoms with E-state index in [1.807, 2.05) is 17.0 Å². The predicted molar refractivity (Wildman–Crippen MR) is 90.9 cm³/mol. The highest BCUT2D eigenvalue weighted by Crippen LogP contribution is 2.33. The summed E-state index contributed by atoms with van der Waals surface area (Å²) in [5.41, 5.74) is 0.549. The van der Waals surface area contributed by atoms with Crippen LogP contribution in [0.3, 0.4) is 0 Å². The van der Waals surface area contributed by atoms with Crippen molar-refractivity contribution in [3.05, 3.63) is 30.1 Å². The van der Waals surface area contributed by atoms with Crippen LogP contribution in [-0.2, 0) is 9.47 Å². The fraction of sp³-hybridized carbons (Fsp3) is 0.667. The van der Waals surface area contributed by atoms with E-state index in [2.05, 4.69) is 9.88 Å². The molecule has 1 spiro atoms. The monoisotopic (exact) mass is 333 g/mol. The van der Waals surface area contributed by atoms with Crippen LogP contribution in [0.5, 0.6) is 0 Å². The second-order valence-corrected chi connectivity index (χ2v) is 6.87. The summed E-state index contributed by atoms with van der Waals surface area (Å²) < 4.78 is 11.1. The lowest BCUT2D eigenvalue weighted by Crippen LogP contribution is -2.52. The van der Waals surface area contributed by atoms with Crippen molar-refractivity contribution in [1.82, 2.24) is 14.8 Å². The fourth-order valence-corrected chi connectivity index (χ4v) is 3.77. The Morgan fingerprint density at radius 3 is 3.08 bits per heavy atom. The number of rotatable bonds is 4. The standard InChI is InChI=1S/C18H27N3O3/c1-23-11-9-20-10-12-24-15-18(13-20)6-4-8-21(14-18)17(22)16-5-2-3-7-19-16/h2-3,5,7H,4,6,8-15H2,1H3. The quantitative estimate of drug-likeness (QED) is 0.831. The molecular weight excluding hydrogens is 306 g/mol. The van der Waals surface area contributed by atoms with Crippen molar-refractivity contribution in [1.29, 1.82) is 0 Å². The van der Waals surface area contributed by atoms with Crippen molar-refractivity contribution < 1.29 is 14.3 Å². The minimum Gasteiger partial charge on any atom is -0.383 e. The third kappa shape index (κ3) is 4.12. The van der Waals surface area contributed by atoms with E-state index in [1.54, 1.807) is 19.4 Å². The maximum absolute atomic E-state index is 12.8. The average molecular weight is 333 g/mol. The molecule has 2 aliphatic heterocycles. The second kappa shape index (κ2) is 8.05. The Hall–Kier alpha value is -1.50. The van der Waals surface area contributed by atoms with Gasteiger partial charge in [-0.1, -0.05) is 6.07 Å². The van der Waals surface area contributed by atoms with Gasteiger partial charge in [-0.15, -0.1) is 0 Å². The zero-order valence-electron chi connectivity index (χ0n) is 14.4. The summed E-state index contributed by atoms with van der Waals surface area (Å²) >= 11 is 0. The van der Waals surface area contributed by atoms with E-state index in [4.69, 9.17) is 9.47 Å². The molecule has 0 aliphatic carbocycles. The molecule has 2 saturated heterocycles. The van der Waals surface area contributed by atoms with Gasteiger partial charge < -0.3 is 14.4 Å². The van der Waals surface area contributed by atoms with Crippen LogP contribution >= 0.6 is 0 Å². The fourth-order valence-electron chi connectivity index (χ4n) is 3.77. The molecule has 3 rings (SSSR count). The SMILES string of the molecule is COCCN1CCOCC2(CCCN(C(=O)c3ccccn3)C2)C1. The summed E-state index contributed by atoms with van der Waals surface area (Å²) in [7, 11) is 1.73. The number of pyridine rings is 1. The van der Waals surface area contributed by atoms with E-state index < -0.39 is 0 Å². The Morgan fingerprint density at radius 1 is 1.38 bits per heavy atom. The van der Waals surface area contributed by atoms with Crippen LogP contribution in [0.15, 0.2) is 24.4 Å². The van der Waals surface area contributed by atoms with E-state index in [-0.39, 0.29) is 11.3 Å². The molecule has 6 heteroatoms. The van der Waals surface area contributed by atoms with E-state index >= 15 is 0 Å². The molecule has 2 aliphatic rings. The minimum absolute atomic E-state index is 0.0208. The molecule has 0 aromatic carbocycles. The minimum atomic E-state index is 0.0208. The van der Waals surface area contributed by atoms with Gasteiger partial charge in [-0.3, -0.25) is 14.7 Å². The molecule has 1 unspecified atom stereocenters. The number of carbonyl (C=O) groups excluding carboxylic acids is 1. The Labute approximate surface area is 143 Å². The molecule has 2 fully saturated rings. The summed E-state index contributed by atoms with van der Waals surface area (Å²) in [6.45, 7) is 6.55. The second-order valence-electron chi connectivity index (χ2n) is 6.87. The zero-order valence-corrected chi connectivity index (χ0v) is 14.4. The zero-order chi connectivity index (χ0) is 16.8. The number of carbonyl (C=O) groups is 1. The number of aromatic nitrogens is 1. The van der Waals surface area contributed by atoms with Crippen LogP contribution in [0.1, 0.15) is 23.3 Å². The van der Waals surface area contributed by atoms with Crippen molar-refractivity contribution in [2.75, 3.05) is 59.7 Å². The molecule has 1 atom stereocenters. The van der Waals surface area contributed by atoms with Crippen molar-refractivity contribution in [3.8, 4) is 0 Å². The highest BCUT2D eigenvalue weighted by Gasteiger charge is 2.40. The van der Waals surface area contributed by atoms with Gasteiger partial charge in [-0.05, 0) is 25.0 Å². The maximum Gasteiger partial charge on any atom is 0.272 e. The summed E-state index contributed by atoms with van der Waals surface area (Å²) in [6, 6.07) is 5.49. The topological polar surface area (TPSA) is 54.9 Å². The van der Waals surface area contributed by atoms with Gasteiger partial charge in [-0.2, -0.15) is 0 Å². The largest absolute Gasteiger partial charge is 0.383 e. The number of amides is 1. The predicted octanol–water partition coefficient (Wildman–Crippen LogP) is 1.28. The Balaban J connectivity index is 1.69. The van der Waals surface area contributed by atoms with Gasteiger partial charge in [-0.25, -0.2) is 0 Å². The molecule has 0 saturated carbocycles. The maximum atomic E-state index is 12.8. The Morgan fingerprint density at radius 2 is 2.29 bits per heavy atom. The van der Waals surface area contributed by atoms with Crippen LogP contribution < -0.4 is 0 Å². The van der Waals surface area contributed by atoms with Crippen LogP contribution in [-0.4, -0.2) is 80.3 Å². The molecular formula is C18H27N3O3. The highest BCUT2D eigenvalue weighted by atomic mass is 16.5. The highest BCUT2D eigenvalue weighted by molar-refractivity contribution is 5.92. The summed E-state index contributed by atoms with van der Waals surface area (Å²) in [4.78, 5) is 21.3. The number of methoxy groups -OCH3 is 1. The van der Waals surface area contributed by atoms with Gasteiger partial charge >= 0.3 is 0 Å². The van der Waals surface area contributed by atoms with Gasteiger partial charge in [0.1, 0.15) is 5.69 Å². The number of likely N-dealkylation sites (tertiary alicyclic amines) is 1. The Kier molecular flexibility index (Phi) is 5.81. The first kappa shape index (κ1) is 17.3. The molecule has 3 heterocycles. The number of nitrogens with zero attached hydrogens (tertiary/aromatic N) is 3. The molecule has 0 N–H and O–H groups in total. The molecule has 1 aromatic rings. The van der Waals surface area contributed by atoms with Crippen molar-refractivity contribution >= 4 is 5.91 Å². The third-order valence-corrected chi connectivity index (χ3v) is 4.96. The molecule has 1 amide bonds. The smallest absolute Gasteiger partial charge is 0.272 e. The van der Waals surface area contributed by atoms with Gasteiger partial charge in [0.2, 0.25) is 0 Å². The number of hydrogen-bond acceptors (Lipinski definition) is 5. The van der Waals surface area contributed by atoms with Gasteiger partial charge in [0.15, 0.2) is 0 Å². The van der Waals surface area contributed by atoms with Crippen molar-refractivity contribution in [2.24, 2.45) is 5.41 Å². The summed E-state index contributed by atoms with van der Waals surface area (Å²) in [5, 5.41) is 0. The average Bonchev–Trinajstić information content (AvgIpc) is 2.82. The lowest BCUT2D eigenvalue weighted by atomic mass is 9.80. The molecule has 132 valence electrons. The van der Waals surface area contributed by atoms with Crippen LogP contribution in [0.25, 0.3) is 0 Å². The van der Waals surface area contributed by atoms with E-state index in [9.17, 15) is 4.79 Å². The normalized spacial score (nSPS) is 25.6. The lowest BCUT2D eigenvalue weighted by Gasteiger charge is -2.43. The first-order valence-electron chi connectivity index (χ1n) is 8.72. The van der Waals surface area contributed by atoms with Crippen LogP contribution in [0, 0.1) is 5.41 Å². The summed E-state index contributed by atoms with van der Waals surface area (Å²) in [5.74, 6) is 0.0300. The summed E-state index contributed by atoms with van der Waals surface area (Å²) in [6.07, 6.45) is 3.79. The van der Waals surface area contributed by atoms with Gasteiger partial charge in [0, 0.05) is 51.4 Å². The number of hydrogen-bond donors (Lipinski definition) is 0. The first-order chi connectivity index (χ1) is 11.7. The molecule has 1 aromatic heterocycles. The van der Waals surface area contributed by atoms with Gasteiger partial charge in [0.25, 0.3) is 5.91 Å². The van der Waals surface area contributed by atoms with Gasteiger partial charge in [0.05, 0.1) is 19.8 Å².